The van der Waals surface area contributed by atoms with E-state index in [1.807, 2.05) is 18.9 Å². The van der Waals surface area contributed by atoms with Crippen LogP contribution in [0.25, 0.3) is 0 Å². The van der Waals surface area contributed by atoms with E-state index in [-0.39, 0.29) is 12.2 Å². The maximum Gasteiger partial charge on any atom is 0.254 e. The summed E-state index contributed by atoms with van der Waals surface area (Å²) in [6.07, 6.45) is 0. The molecule has 1 aromatic carbocycles. The number of carbonyl (C=O) groups excluding carboxylic acids is 1. The molecule has 0 fully saturated rings. The number of nitrogens with one attached hydrogen (secondary N) is 1. The van der Waals surface area contributed by atoms with Crippen LogP contribution in [0.1, 0.15) is 22.8 Å². The second kappa shape index (κ2) is 8.31. The van der Waals surface area contributed by atoms with Gasteiger partial charge in [0.05, 0.1) is 5.56 Å². The first kappa shape index (κ1) is 16.2. The summed E-state index contributed by atoms with van der Waals surface area (Å²) in [6, 6.07) is 4.06. The van der Waals surface area contributed by atoms with Crippen molar-refractivity contribution in [2.24, 2.45) is 0 Å². The highest BCUT2D eigenvalue weighted by Gasteiger charge is 2.11. The zero-order valence-corrected chi connectivity index (χ0v) is 11.7. The molecule has 2 N–H and O–H groups in total. The van der Waals surface area contributed by atoms with Crippen molar-refractivity contribution in [1.82, 2.24) is 10.2 Å². The third kappa shape index (κ3) is 5.00. The second-order valence-electron chi connectivity index (χ2n) is 4.31. The van der Waals surface area contributed by atoms with Gasteiger partial charge in [-0.3, -0.25) is 4.79 Å². The van der Waals surface area contributed by atoms with E-state index in [2.05, 4.69) is 17.2 Å². The zero-order chi connectivity index (χ0) is 15.0. The van der Waals surface area contributed by atoms with Crippen molar-refractivity contribution in [3.63, 3.8) is 0 Å². The van der Waals surface area contributed by atoms with Gasteiger partial charge in [-0.15, -0.1) is 0 Å². The lowest BCUT2D eigenvalue weighted by molar-refractivity contribution is 0.0946. The maximum absolute atomic E-state index is 13.6. The molecule has 0 saturated carbocycles. The van der Waals surface area contributed by atoms with Crippen LogP contribution in [0.4, 0.5) is 4.39 Å². The number of hydrogen-bond acceptors (Lipinski definition) is 3. The molecule has 0 atom stereocenters. The fraction of sp³-hybridized carbons (Fsp3) is 0.400. The van der Waals surface area contributed by atoms with Crippen LogP contribution in [0.15, 0.2) is 18.2 Å². The Hall–Kier alpha value is -1.90. The first-order valence-corrected chi connectivity index (χ1v) is 6.44. The Morgan fingerprint density at radius 2 is 2.25 bits per heavy atom. The monoisotopic (exact) mass is 278 g/mol. The summed E-state index contributed by atoms with van der Waals surface area (Å²) in [5.74, 6) is 4.06. The number of rotatable bonds is 5. The third-order valence-corrected chi connectivity index (χ3v) is 2.84. The highest BCUT2D eigenvalue weighted by Crippen LogP contribution is 2.10. The Kier molecular flexibility index (Phi) is 6.71. The van der Waals surface area contributed by atoms with Crippen LogP contribution in [0, 0.1) is 17.7 Å². The maximum atomic E-state index is 13.6. The minimum Gasteiger partial charge on any atom is -0.384 e. The average molecular weight is 278 g/mol. The number of halogens is 1. The lowest BCUT2D eigenvalue weighted by Crippen LogP contribution is -2.33. The first-order valence-electron chi connectivity index (χ1n) is 6.44. The standard InChI is InChI=1S/C15H19FN2O2/c1-3-18(2)9-8-17-15(20)13-11-12(5-4-10-19)6-7-14(13)16/h6-7,11,19H,3,8-10H2,1-2H3,(H,17,20). The Morgan fingerprint density at radius 3 is 2.90 bits per heavy atom. The molecular weight excluding hydrogens is 259 g/mol. The van der Waals surface area contributed by atoms with Crippen LogP contribution >= 0.6 is 0 Å². The molecule has 0 unspecified atom stereocenters. The summed E-state index contributed by atoms with van der Waals surface area (Å²) >= 11 is 0. The molecule has 1 aromatic rings. The summed E-state index contributed by atoms with van der Waals surface area (Å²) in [5.41, 5.74) is 0.463. The summed E-state index contributed by atoms with van der Waals surface area (Å²) < 4.78 is 13.6. The summed E-state index contributed by atoms with van der Waals surface area (Å²) in [7, 11) is 1.94. The molecule has 0 spiro atoms. The van der Waals surface area contributed by atoms with Crippen molar-refractivity contribution in [2.75, 3.05) is 33.3 Å². The summed E-state index contributed by atoms with van der Waals surface area (Å²) in [5, 5.41) is 11.3. The van der Waals surface area contributed by atoms with Gasteiger partial charge in [0.1, 0.15) is 12.4 Å². The van der Waals surface area contributed by atoms with Crippen LogP contribution in [-0.4, -0.2) is 49.2 Å². The number of aliphatic hydroxyl groups excluding tert-OH is 1. The molecule has 4 nitrogen and oxygen atoms in total. The van der Waals surface area contributed by atoms with Crippen LogP contribution < -0.4 is 5.32 Å². The molecule has 1 rings (SSSR count). The molecule has 108 valence electrons. The summed E-state index contributed by atoms with van der Waals surface area (Å²) in [4.78, 5) is 13.9. The number of benzene rings is 1. The number of hydrogen-bond donors (Lipinski definition) is 2. The predicted octanol–water partition coefficient (Wildman–Crippen LogP) is 0.851. The third-order valence-electron chi connectivity index (χ3n) is 2.84. The molecule has 0 aliphatic carbocycles. The van der Waals surface area contributed by atoms with Gasteiger partial charge in [0.2, 0.25) is 0 Å². The van der Waals surface area contributed by atoms with E-state index in [9.17, 15) is 9.18 Å². The molecule has 0 aromatic heterocycles. The lowest BCUT2D eigenvalue weighted by atomic mass is 10.1. The van der Waals surface area contributed by atoms with Gasteiger partial charge in [0, 0.05) is 18.7 Å². The van der Waals surface area contributed by atoms with E-state index in [0.29, 0.717) is 18.7 Å². The molecule has 0 aliphatic rings. The fourth-order valence-corrected chi connectivity index (χ4v) is 1.53. The smallest absolute Gasteiger partial charge is 0.254 e. The Bertz CT molecular complexity index is 520. The molecule has 1 amide bonds. The van der Waals surface area contributed by atoms with Gasteiger partial charge in [0.25, 0.3) is 5.91 Å². The van der Waals surface area contributed by atoms with E-state index in [0.717, 1.165) is 6.54 Å². The van der Waals surface area contributed by atoms with Crippen LogP contribution in [-0.2, 0) is 0 Å². The number of likely N-dealkylation sites (N-methyl/N-ethyl adjacent to an activating group) is 1. The largest absolute Gasteiger partial charge is 0.384 e. The van der Waals surface area contributed by atoms with Gasteiger partial charge >= 0.3 is 0 Å². The topological polar surface area (TPSA) is 52.6 Å². The van der Waals surface area contributed by atoms with E-state index in [1.165, 1.54) is 18.2 Å². The molecule has 0 bridgehead atoms. The van der Waals surface area contributed by atoms with Crippen molar-refractivity contribution in [3.05, 3.63) is 35.1 Å². The highest BCUT2D eigenvalue weighted by molar-refractivity contribution is 5.94. The van der Waals surface area contributed by atoms with Gasteiger partial charge in [-0.1, -0.05) is 18.8 Å². The van der Waals surface area contributed by atoms with Crippen molar-refractivity contribution in [3.8, 4) is 11.8 Å². The second-order valence-corrected chi connectivity index (χ2v) is 4.31. The fourth-order valence-electron chi connectivity index (χ4n) is 1.53. The van der Waals surface area contributed by atoms with E-state index >= 15 is 0 Å². The molecule has 0 saturated heterocycles. The van der Waals surface area contributed by atoms with Crippen LogP contribution in [0.3, 0.4) is 0 Å². The number of carbonyl (C=O) groups is 1. The zero-order valence-electron chi connectivity index (χ0n) is 11.7. The Balaban J connectivity index is 2.71. The quantitative estimate of drug-likeness (QED) is 0.785. The first-order chi connectivity index (χ1) is 9.58. The van der Waals surface area contributed by atoms with Crippen LogP contribution in [0.2, 0.25) is 0 Å². The highest BCUT2D eigenvalue weighted by atomic mass is 19.1. The SMILES string of the molecule is CCN(C)CCNC(=O)c1cc(C#CCO)ccc1F. The van der Waals surface area contributed by atoms with Crippen LogP contribution in [0.5, 0.6) is 0 Å². The Labute approximate surface area is 118 Å². The predicted molar refractivity (Wildman–Crippen MR) is 75.9 cm³/mol. The molecule has 0 aliphatic heterocycles. The number of amides is 1. The molecular formula is C15H19FN2O2. The van der Waals surface area contributed by atoms with Gasteiger partial charge in [-0.2, -0.15) is 0 Å². The van der Waals surface area contributed by atoms with E-state index in [4.69, 9.17) is 5.11 Å². The van der Waals surface area contributed by atoms with Gasteiger partial charge < -0.3 is 15.3 Å². The Morgan fingerprint density at radius 1 is 1.50 bits per heavy atom. The molecule has 0 heterocycles. The average Bonchev–Trinajstić information content (AvgIpc) is 2.45. The van der Waals surface area contributed by atoms with E-state index in [1.54, 1.807) is 0 Å². The van der Waals surface area contributed by atoms with Gasteiger partial charge in [-0.05, 0) is 31.8 Å². The minimum absolute atomic E-state index is 0.0334. The molecule has 0 radical (unpaired) electrons. The van der Waals surface area contributed by atoms with Gasteiger partial charge in [-0.25, -0.2) is 4.39 Å². The number of aliphatic hydroxyl groups is 1. The van der Waals surface area contributed by atoms with Crippen molar-refractivity contribution >= 4 is 5.91 Å². The van der Waals surface area contributed by atoms with Gasteiger partial charge in [0.15, 0.2) is 0 Å². The van der Waals surface area contributed by atoms with Crippen molar-refractivity contribution < 1.29 is 14.3 Å². The molecule has 20 heavy (non-hydrogen) atoms. The normalized spacial score (nSPS) is 10.1. The van der Waals surface area contributed by atoms with E-state index < -0.39 is 11.7 Å². The van der Waals surface area contributed by atoms with Crippen molar-refractivity contribution in [1.29, 1.82) is 0 Å². The summed E-state index contributed by atoms with van der Waals surface area (Å²) in [6.45, 7) is 3.78. The molecule has 5 heteroatoms. The minimum atomic E-state index is -0.583. The lowest BCUT2D eigenvalue weighted by Gasteiger charge is -2.14. The number of nitrogens with zero attached hydrogens (tertiary/aromatic N) is 1. The van der Waals surface area contributed by atoms with Crippen molar-refractivity contribution in [2.45, 2.75) is 6.92 Å².